The number of carbonyl (C=O) groups is 6. The van der Waals surface area contributed by atoms with E-state index in [0.29, 0.717) is 0 Å². The van der Waals surface area contributed by atoms with Crippen molar-refractivity contribution in [2.75, 3.05) is 0 Å². The lowest BCUT2D eigenvalue weighted by molar-refractivity contribution is -0.182. The van der Waals surface area contributed by atoms with Crippen molar-refractivity contribution < 1.29 is 48.1 Å². The molecule has 0 spiro atoms. The first-order chi connectivity index (χ1) is 14.3. The van der Waals surface area contributed by atoms with Gasteiger partial charge in [0.25, 0.3) is 0 Å². The minimum atomic E-state index is -2.84. The summed E-state index contributed by atoms with van der Waals surface area (Å²) in [5.74, 6) is -5.78. The van der Waals surface area contributed by atoms with Gasteiger partial charge in [-0.1, -0.05) is 19.7 Å². The van der Waals surface area contributed by atoms with Gasteiger partial charge in [-0.3, -0.25) is 24.0 Å². The van der Waals surface area contributed by atoms with Gasteiger partial charge in [0, 0.05) is 0 Å². The Kier molecular flexibility index (Phi) is 11.0. The first-order valence-corrected chi connectivity index (χ1v) is 9.02. The van der Waals surface area contributed by atoms with E-state index < -0.39 is 72.0 Å². The van der Waals surface area contributed by atoms with Crippen molar-refractivity contribution in [2.24, 2.45) is 0 Å². The number of Topliss-reactive ketones (excluding diaryl/α,β-unsaturated/α-hetero) is 3. The van der Waals surface area contributed by atoms with Crippen LogP contribution in [0, 0.1) is 0 Å². The molecule has 0 aromatic heterocycles. The first-order valence-electron chi connectivity index (χ1n) is 9.02. The van der Waals surface area contributed by atoms with Crippen LogP contribution in [0.4, 0.5) is 0 Å². The number of carbonyl (C=O) groups excluding carboxylic acids is 6. The van der Waals surface area contributed by atoms with E-state index in [2.05, 4.69) is 19.7 Å². The fourth-order valence-corrected chi connectivity index (χ4v) is 2.17. The molecule has 0 fully saturated rings. The standard InChI is InChI=1S/C21H26O10/c1-7-15(12(4)22)29-18(25)10-21(28,20(27)31-17(9-3)14(6)24)11-19(26)30-16(8-2)13(5)23/h7-9,15-17,28H,1-3,10-11H2,4-6H3. The Morgan fingerprint density at radius 2 is 1.00 bits per heavy atom. The van der Waals surface area contributed by atoms with Gasteiger partial charge in [-0.15, -0.1) is 0 Å². The summed E-state index contributed by atoms with van der Waals surface area (Å²) < 4.78 is 14.5. The molecule has 170 valence electrons. The molecule has 10 heteroatoms. The number of hydrogen-bond acceptors (Lipinski definition) is 10. The van der Waals surface area contributed by atoms with E-state index in [1.807, 2.05) is 0 Å². The van der Waals surface area contributed by atoms with Gasteiger partial charge in [-0.2, -0.15) is 0 Å². The van der Waals surface area contributed by atoms with Crippen molar-refractivity contribution in [1.82, 2.24) is 0 Å². The second-order valence-electron chi connectivity index (χ2n) is 6.57. The third-order valence-electron chi connectivity index (χ3n) is 3.85. The number of aliphatic hydroxyl groups is 1. The molecule has 0 radical (unpaired) electrons. The summed E-state index contributed by atoms with van der Waals surface area (Å²) >= 11 is 0. The Morgan fingerprint density at radius 1 is 0.710 bits per heavy atom. The van der Waals surface area contributed by atoms with Crippen LogP contribution in [-0.4, -0.2) is 64.3 Å². The molecule has 3 unspecified atom stereocenters. The fourth-order valence-electron chi connectivity index (χ4n) is 2.17. The largest absolute Gasteiger partial charge is 0.450 e. The van der Waals surface area contributed by atoms with Crippen LogP contribution in [0.1, 0.15) is 33.6 Å². The molecule has 0 bridgehead atoms. The van der Waals surface area contributed by atoms with Crippen molar-refractivity contribution >= 4 is 35.3 Å². The molecule has 0 amide bonds. The van der Waals surface area contributed by atoms with Gasteiger partial charge in [-0.25, -0.2) is 4.79 Å². The van der Waals surface area contributed by atoms with Gasteiger partial charge in [0.1, 0.15) is 0 Å². The number of rotatable bonds is 14. The molecule has 0 rings (SSSR count). The molecule has 0 aliphatic rings. The van der Waals surface area contributed by atoms with Crippen molar-refractivity contribution in [2.45, 2.75) is 57.5 Å². The smallest absolute Gasteiger partial charge is 0.340 e. The highest BCUT2D eigenvalue weighted by atomic mass is 16.6. The van der Waals surface area contributed by atoms with Crippen LogP contribution in [0.3, 0.4) is 0 Å². The molecule has 0 aliphatic heterocycles. The van der Waals surface area contributed by atoms with Crippen molar-refractivity contribution in [3.05, 3.63) is 38.0 Å². The Bertz CT molecular complexity index is 737. The normalized spacial score (nSPS) is 15.1. The van der Waals surface area contributed by atoms with Crippen LogP contribution < -0.4 is 0 Å². The van der Waals surface area contributed by atoms with Gasteiger partial charge >= 0.3 is 17.9 Å². The third kappa shape index (κ3) is 8.87. The summed E-state index contributed by atoms with van der Waals surface area (Å²) in [7, 11) is 0. The van der Waals surface area contributed by atoms with E-state index in [9.17, 15) is 33.9 Å². The number of ketones is 3. The molecule has 0 aromatic carbocycles. The van der Waals surface area contributed by atoms with Crippen LogP contribution in [0.15, 0.2) is 38.0 Å². The van der Waals surface area contributed by atoms with Gasteiger partial charge in [0.15, 0.2) is 41.3 Å². The molecule has 0 heterocycles. The van der Waals surface area contributed by atoms with Crippen molar-refractivity contribution in [3.8, 4) is 0 Å². The van der Waals surface area contributed by atoms with Gasteiger partial charge in [0.2, 0.25) is 0 Å². The predicted molar refractivity (Wildman–Crippen MR) is 106 cm³/mol. The highest BCUT2D eigenvalue weighted by molar-refractivity contribution is 5.94. The highest BCUT2D eigenvalue weighted by Crippen LogP contribution is 2.22. The highest BCUT2D eigenvalue weighted by Gasteiger charge is 2.45. The maximum absolute atomic E-state index is 12.5. The maximum atomic E-state index is 12.5. The molecule has 10 nitrogen and oxygen atoms in total. The van der Waals surface area contributed by atoms with Gasteiger partial charge < -0.3 is 19.3 Å². The zero-order chi connectivity index (χ0) is 24.4. The second-order valence-corrected chi connectivity index (χ2v) is 6.57. The quantitative estimate of drug-likeness (QED) is 0.231. The van der Waals surface area contributed by atoms with E-state index in [-0.39, 0.29) is 0 Å². The van der Waals surface area contributed by atoms with Crippen LogP contribution in [0.5, 0.6) is 0 Å². The average molecular weight is 438 g/mol. The zero-order valence-corrected chi connectivity index (χ0v) is 17.6. The average Bonchev–Trinajstić information content (AvgIpc) is 2.66. The Hall–Kier alpha value is -3.40. The zero-order valence-electron chi connectivity index (χ0n) is 17.6. The number of esters is 3. The molecule has 3 atom stereocenters. The molecule has 0 saturated carbocycles. The molecule has 31 heavy (non-hydrogen) atoms. The lowest BCUT2D eigenvalue weighted by Gasteiger charge is -2.26. The maximum Gasteiger partial charge on any atom is 0.340 e. The number of hydrogen-bond donors (Lipinski definition) is 1. The Labute approximate surface area is 179 Å². The van der Waals surface area contributed by atoms with E-state index >= 15 is 0 Å². The Morgan fingerprint density at radius 3 is 1.26 bits per heavy atom. The molecular formula is C21H26O10. The van der Waals surface area contributed by atoms with Gasteiger partial charge in [0.05, 0.1) is 12.8 Å². The summed E-state index contributed by atoms with van der Waals surface area (Å²) in [6.07, 6.45) is -3.38. The van der Waals surface area contributed by atoms with E-state index in [1.54, 1.807) is 0 Å². The summed E-state index contributed by atoms with van der Waals surface area (Å²) in [4.78, 5) is 71.2. The summed E-state index contributed by atoms with van der Waals surface area (Å²) in [5.41, 5.74) is -2.84. The van der Waals surface area contributed by atoms with Crippen molar-refractivity contribution in [1.29, 1.82) is 0 Å². The molecule has 0 aliphatic carbocycles. The van der Waals surface area contributed by atoms with E-state index in [4.69, 9.17) is 14.2 Å². The van der Waals surface area contributed by atoms with Crippen LogP contribution in [0.2, 0.25) is 0 Å². The monoisotopic (exact) mass is 438 g/mol. The molecular weight excluding hydrogens is 412 g/mol. The SMILES string of the molecule is C=CC(OC(=O)CC(O)(CC(=O)OC(C=C)C(C)=O)C(=O)OC(C=C)C(C)=O)C(C)=O. The lowest BCUT2D eigenvalue weighted by Crippen LogP contribution is -2.47. The molecule has 0 aromatic rings. The summed E-state index contributed by atoms with van der Waals surface area (Å²) in [5, 5.41) is 10.8. The van der Waals surface area contributed by atoms with Crippen molar-refractivity contribution in [3.63, 3.8) is 0 Å². The third-order valence-corrected chi connectivity index (χ3v) is 3.85. The van der Waals surface area contributed by atoms with Gasteiger partial charge in [-0.05, 0) is 39.0 Å². The van der Waals surface area contributed by atoms with Crippen LogP contribution in [0.25, 0.3) is 0 Å². The second kappa shape index (κ2) is 12.3. The predicted octanol–water partition coefficient (Wildman–Crippen LogP) is 0.558. The summed E-state index contributed by atoms with van der Waals surface area (Å²) in [6.45, 7) is 13.3. The Balaban J connectivity index is 5.74. The fraction of sp³-hybridized carbons (Fsp3) is 0.429. The topological polar surface area (TPSA) is 150 Å². The van der Waals surface area contributed by atoms with E-state index in [1.165, 1.54) is 0 Å². The minimum Gasteiger partial charge on any atom is -0.450 e. The molecule has 0 saturated heterocycles. The number of ether oxygens (including phenoxy) is 3. The summed E-state index contributed by atoms with van der Waals surface area (Å²) in [6, 6.07) is 0. The first kappa shape index (κ1) is 27.6. The van der Waals surface area contributed by atoms with Crippen LogP contribution in [-0.2, 0) is 43.0 Å². The molecule has 1 N–H and O–H groups in total. The minimum absolute atomic E-state index is 0.576. The lowest BCUT2D eigenvalue weighted by atomic mass is 9.95. The van der Waals surface area contributed by atoms with E-state index in [0.717, 1.165) is 39.0 Å². The van der Waals surface area contributed by atoms with Crippen LogP contribution >= 0.6 is 0 Å².